The summed E-state index contributed by atoms with van der Waals surface area (Å²) in [4.78, 5) is 33.7. The molecule has 1 aliphatic heterocycles. The second kappa shape index (κ2) is 7.70. The number of hydrogen-bond acceptors (Lipinski definition) is 9. The van der Waals surface area contributed by atoms with E-state index >= 15 is 0 Å². The molecule has 0 bridgehead atoms. The van der Waals surface area contributed by atoms with Crippen molar-refractivity contribution < 1.29 is 41.7 Å². The lowest BCUT2D eigenvalue weighted by atomic mass is 10.0. The fourth-order valence-corrected chi connectivity index (χ4v) is 2.68. The van der Waals surface area contributed by atoms with Gasteiger partial charge in [-0.1, -0.05) is 0 Å². The summed E-state index contributed by atoms with van der Waals surface area (Å²) in [6, 6.07) is 0. The third kappa shape index (κ3) is 6.50. The van der Waals surface area contributed by atoms with Crippen LogP contribution >= 0.6 is 0 Å². The lowest BCUT2D eigenvalue weighted by molar-refractivity contribution is -0.227. The van der Waals surface area contributed by atoms with Gasteiger partial charge in [0.15, 0.2) is 24.5 Å². The zero-order chi connectivity index (χ0) is 17.8. The summed E-state index contributed by atoms with van der Waals surface area (Å²) < 4.78 is 45.2. The van der Waals surface area contributed by atoms with E-state index in [1.54, 1.807) is 0 Å². The second-order valence-corrected chi connectivity index (χ2v) is 6.72. The van der Waals surface area contributed by atoms with E-state index in [0.29, 0.717) is 0 Å². The van der Waals surface area contributed by atoms with E-state index in [2.05, 4.69) is 4.72 Å². The minimum Gasteiger partial charge on any atom is -0.456 e. The second-order valence-electron chi connectivity index (χ2n) is 4.94. The summed E-state index contributed by atoms with van der Waals surface area (Å²) in [7, 11) is -3.70. The van der Waals surface area contributed by atoms with Crippen LogP contribution < -0.4 is 4.72 Å². The molecular weight excluding hydrogens is 334 g/mol. The first kappa shape index (κ1) is 19.3. The Kier molecular flexibility index (Phi) is 6.47. The summed E-state index contributed by atoms with van der Waals surface area (Å²) in [5.74, 6) is -2.13. The molecule has 1 saturated heterocycles. The van der Waals surface area contributed by atoms with Crippen molar-refractivity contribution in [2.75, 3.05) is 12.9 Å². The molecule has 0 aliphatic carbocycles. The first-order valence-corrected chi connectivity index (χ1v) is 8.49. The van der Waals surface area contributed by atoms with Gasteiger partial charge in [-0.25, -0.2) is 8.42 Å². The van der Waals surface area contributed by atoms with Crippen LogP contribution in [0, 0.1) is 0 Å². The quantitative estimate of drug-likeness (QED) is 0.472. The number of nitrogens with one attached hydrogen (secondary N) is 1. The number of hydrogen-bond donors (Lipinski definition) is 1. The Bertz CT molecular complexity index is 573. The van der Waals surface area contributed by atoms with Gasteiger partial charge in [0.25, 0.3) is 0 Å². The van der Waals surface area contributed by atoms with Crippen LogP contribution in [0.5, 0.6) is 0 Å². The molecule has 4 atom stereocenters. The highest BCUT2D eigenvalue weighted by atomic mass is 32.2. The average molecular weight is 353 g/mol. The van der Waals surface area contributed by atoms with E-state index in [-0.39, 0.29) is 6.61 Å². The summed E-state index contributed by atoms with van der Waals surface area (Å²) >= 11 is 0. The Balaban J connectivity index is 3.10. The Morgan fingerprint density at radius 2 is 1.43 bits per heavy atom. The van der Waals surface area contributed by atoms with E-state index in [9.17, 15) is 22.8 Å². The maximum Gasteiger partial charge on any atom is 0.303 e. The molecule has 10 nitrogen and oxygen atoms in total. The van der Waals surface area contributed by atoms with Crippen molar-refractivity contribution in [2.24, 2.45) is 0 Å². The number of carbonyl (C=O) groups excluding carboxylic acids is 3. The van der Waals surface area contributed by atoms with Crippen molar-refractivity contribution in [3.8, 4) is 0 Å². The molecule has 1 aliphatic rings. The van der Waals surface area contributed by atoms with Gasteiger partial charge in [0.2, 0.25) is 10.0 Å². The number of ether oxygens (including phenoxy) is 4. The predicted molar refractivity (Wildman–Crippen MR) is 74.4 cm³/mol. The molecule has 0 aromatic rings. The third-order valence-corrected chi connectivity index (χ3v) is 3.34. The highest BCUT2D eigenvalue weighted by molar-refractivity contribution is 7.88. The average Bonchev–Trinajstić information content (AvgIpc) is 2.33. The van der Waals surface area contributed by atoms with E-state index in [4.69, 9.17) is 18.9 Å². The van der Waals surface area contributed by atoms with E-state index in [1.807, 2.05) is 0 Å². The molecule has 0 amide bonds. The van der Waals surface area contributed by atoms with Crippen LogP contribution in [-0.4, -0.2) is 63.7 Å². The maximum absolute atomic E-state index is 11.4. The molecule has 1 heterocycles. The fraction of sp³-hybridized carbons (Fsp3) is 0.750. The summed E-state index contributed by atoms with van der Waals surface area (Å²) in [6.07, 6.45) is -3.97. The fourth-order valence-electron chi connectivity index (χ4n) is 2.05. The smallest absolute Gasteiger partial charge is 0.303 e. The largest absolute Gasteiger partial charge is 0.456 e. The van der Waals surface area contributed by atoms with Gasteiger partial charge in [0, 0.05) is 20.8 Å². The van der Waals surface area contributed by atoms with Gasteiger partial charge in [-0.2, -0.15) is 4.72 Å². The lowest BCUT2D eigenvalue weighted by Gasteiger charge is -2.40. The number of sulfonamides is 1. The van der Waals surface area contributed by atoms with Crippen molar-refractivity contribution >= 4 is 27.9 Å². The molecule has 23 heavy (non-hydrogen) atoms. The molecule has 0 saturated carbocycles. The number of esters is 3. The first-order valence-electron chi connectivity index (χ1n) is 6.60. The number of rotatable bonds is 5. The van der Waals surface area contributed by atoms with Gasteiger partial charge in [0.05, 0.1) is 12.9 Å². The van der Waals surface area contributed by atoms with Gasteiger partial charge in [-0.15, -0.1) is 0 Å². The van der Waals surface area contributed by atoms with E-state index < -0.39 is 52.5 Å². The molecule has 1 rings (SSSR count). The van der Waals surface area contributed by atoms with Crippen LogP contribution in [0.3, 0.4) is 0 Å². The van der Waals surface area contributed by atoms with Crippen molar-refractivity contribution in [2.45, 2.75) is 45.3 Å². The Labute approximate surface area is 133 Å². The topological polar surface area (TPSA) is 134 Å². The molecule has 0 unspecified atom stereocenters. The van der Waals surface area contributed by atoms with E-state index in [1.165, 1.54) is 0 Å². The minimum absolute atomic E-state index is 0.248. The third-order valence-electron chi connectivity index (χ3n) is 2.68. The Morgan fingerprint density at radius 3 is 1.87 bits per heavy atom. The van der Waals surface area contributed by atoms with Crippen LogP contribution in [0.1, 0.15) is 20.8 Å². The van der Waals surface area contributed by atoms with Crippen LogP contribution in [0.25, 0.3) is 0 Å². The molecule has 0 aromatic heterocycles. The van der Waals surface area contributed by atoms with Gasteiger partial charge < -0.3 is 18.9 Å². The van der Waals surface area contributed by atoms with Crippen molar-refractivity contribution in [3.63, 3.8) is 0 Å². The zero-order valence-electron chi connectivity index (χ0n) is 13.1. The maximum atomic E-state index is 11.4. The van der Waals surface area contributed by atoms with Gasteiger partial charge in [-0.3, -0.25) is 14.4 Å². The van der Waals surface area contributed by atoms with Crippen LogP contribution in [-0.2, 0) is 43.4 Å². The molecular formula is C12H19NO9S. The summed E-state index contributed by atoms with van der Waals surface area (Å²) in [5, 5.41) is 0. The highest BCUT2D eigenvalue weighted by Crippen LogP contribution is 2.23. The molecule has 0 aromatic carbocycles. The minimum atomic E-state index is -3.70. The zero-order valence-corrected chi connectivity index (χ0v) is 13.9. The monoisotopic (exact) mass is 353 g/mol. The predicted octanol–water partition coefficient (Wildman–Crippen LogP) is -1.31. The molecule has 1 fully saturated rings. The lowest BCUT2D eigenvalue weighted by Crippen LogP contribution is -2.62. The highest BCUT2D eigenvalue weighted by Gasteiger charge is 2.47. The Hall–Kier alpha value is -1.72. The molecule has 132 valence electrons. The first-order chi connectivity index (χ1) is 10.5. The SMILES string of the molecule is CC(=O)O[C@@H]1[C@@H](OC(C)=O)[C@@H](NS(C)(=O)=O)OC[C@@H]1OC(C)=O. The summed E-state index contributed by atoms with van der Waals surface area (Å²) in [6.45, 7) is 3.11. The normalized spacial score (nSPS) is 27.8. The van der Waals surface area contributed by atoms with Gasteiger partial charge in [0.1, 0.15) is 0 Å². The summed E-state index contributed by atoms with van der Waals surface area (Å²) in [5.41, 5.74) is 0. The van der Waals surface area contributed by atoms with E-state index in [0.717, 1.165) is 27.0 Å². The van der Waals surface area contributed by atoms with Crippen molar-refractivity contribution in [1.82, 2.24) is 4.72 Å². The van der Waals surface area contributed by atoms with Crippen LogP contribution in [0.15, 0.2) is 0 Å². The van der Waals surface area contributed by atoms with Crippen molar-refractivity contribution in [1.29, 1.82) is 0 Å². The van der Waals surface area contributed by atoms with Gasteiger partial charge >= 0.3 is 17.9 Å². The Morgan fingerprint density at radius 1 is 0.957 bits per heavy atom. The van der Waals surface area contributed by atoms with Crippen molar-refractivity contribution in [3.05, 3.63) is 0 Å². The van der Waals surface area contributed by atoms with Crippen LogP contribution in [0.4, 0.5) is 0 Å². The molecule has 0 spiro atoms. The molecule has 0 radical (unpaired) electrons. The molecule has 1 N–H and O–H groups in total. The number of carbonyl (C=O) groups is 3. The molecule has 11 heteroatoms. The van der Waals surface area contributed by atoms with Gasteiger partial charge in [-0.05, 0) is 0 Å². The standard InChI is InChI=1S/C12H19NO9S/c1-6(14)20-9-5-19-12(13-23(4,17)18)11(22-8(3)16)10(9)21-7(2)15/h9-13H,5H2,1-4H3/t9-,10-,11+,12-/m0/s1. The van der Waals surface area contributed by atoms with Crippen LogP contribution in [0.2, 0.25) is 0 Å².